The van der Waals surface area contributed by atoms with Gasteiger partial charge in [-0.25, -0.2) is 9.59 Å². The van der Waals surface area contributed by atoms with E-state index >= 15 is 0 Å². The molecule has 0 fully saturated rings. The van der Waals surface area contributed by atoms with Gasteiger partial charge in [-0.2, -0.15) is 0 Å². The highest BCUT2D eigenvalue weighted by atomic mass is 16.6. The van der Waals surface area contributed by atoms with E-state index in [0.717, 1.165) is 28.3 Å². The average molecular weight is 276 g/mol. The highest BCUT2D eigenvalue weighted by Gasteiger charge is 2.16. The van der Waals surface area contributed by atoms with Crippen molar-refractivity contribution in [3.05, 3.63) is 46.5 Å². The zero-order chi connectivity index (χ0) is 15.3. The van der Waals surface area contributed by atoms with Crippen molar-refractivity contribution in [3.8, 4) is 0 Å². The van der Waals surface area contributed by atoms with Crippen LogP contribution in [0.4, 0.5) is 0 Å². The Morgan fingerprint density at radius 1 is 1.05 bits per heavy atom. The van der Waals surface area contributed by atoms with E-state index < -0.39 is 11.9 Å². The van der Waals surface area contributed by atoms with Gasteiger partial charge in [0, 0.05) is 6.08 Å². The molecule has 0 aliphatic rings. The Labute approximate surface area is 119 Å². The predicted octanol–water partition coefficient (Wildman–Crippen LogP) is 2.81. The van der Waals surface area contributed by atoms with Crippen LogP contribution in [-0.2, 0) is 14.3 Å². The molecular weight excluding hydrogens is 256 g/mol. The van der Waals surface area contributed by atoms with Crippen LogP contribution in [0.25, 0.3) is 0 Å². The number of benzene rings is 1. The summed E-state index contributed by atoms with van der Waals surface area (Å²) in [7, 11) is 0. The largest absolute Gasteiger partial charge is 0.459 e. The van der Waals surface area contributed by atoms with Crippen molar-refractivity contribution in [2.75, 3.05) is 13.2 Å². The normalized spacial score (nSPS) is 10.0. The van der Waals surface area contributed by atoms with Gasteiger partial charge in [-0.3, -0.25) is 0 Å². The number of aryl methyl sites for hydroxylation is 2. The van der Waals surface area contributed by atoms with Crippen LogP contribution in [0.5, 0.6) is 0 Å². The molecule has 1 aromatic carbocycles. The molecule has 4 heteroatoms. The molecule has 0 spiro atoms. The van der Waals surface area contributed by atoms with E-state index in [0.29, 0.717) is 5.56 Å². The SMILES string of the molecule is C=CC(=O)OCCOC(=O)c1c(C)cc(C)c(C)c1C. The second kappa shape index (κ2) is 6.89. The van der Waals surface area contributed by atoms with Crippen molar-refractivity contribution in [1.29, 1.82) is 0 Å². The fraction of sp³-hybridized carbons (Fsp3) is 0.375. The van der Waals surface area contributed by atoms with E-state index in [9.17, 15) is 9.59 Å². The van der Waals surface area contributed by atoms with Crippen LogP contribution in [0.1, 0.15) is 32.6 Å². The molecule has 0 radical (unpaired) electrons. The Hall–Kier alpha value is -2.10. The Balaban J connectivity index is 2.71. The molecule has 108 valence electrons. The maximum absolute atomic E-state index is 12.1. The van der Waals surface area contributed by atoms with Crippen molar-refractivity contribution in [2.45, 2.75) is 27.7 Å². The highest BCUT2D eigenvalue weighted by molar-refractivity contribution is 5.93. The molecule has 0 heterocycles. The van der Waals surface area contributed by atoms with Crippen LogP contribution in [0, 0.1) is 27.7 Å². The van der Waals surface area contributed by atoms with Crippen LogP contribution in [0.3, 0.4) is 0 Å². The summed E-state index contributed by atoms with van der Waals surface area (Å²) in [5.74, 6) is -0.919. The van der Waals surface area contributed by atoms with Gasteiger partial charge in [0.2, 0.25) is 0 Å². The third-order valence-corrected chi connectivity index (χ3v) is 3.29. The second-order valence-electron chi connectivity index (χ2n) is 4.64. The smallest absolute Gasteiger partial charge is 0.338 e. The molecule has 0 unspecified atom stereocenters. The van der Waals surface area contributed by atoms with Crippen LogP contribution in [-0.4, -0.2) is 25.2 Å². The van der Waals surface area contributed by atoms with E-state index in [4.69, 9.17) is 9.47 Å². The first-order valence-electron chi connectivity index (χ1n) is 6.42. The minimum Gasteiger partial charge on any atom is -0.459 e. The molecule has 0 aliphatic carbocycles. The molecule has 0 atom stereocenters. The van der Waals surface area contributed by atoms with Gasteiger partial charge in [-0.1, -0.05) is 12.6 Å². The lowest BCUT2D eigenvalue weighted by Crippen LogP contribution is -2.15. The number of rotatable bonds is 5. The zero-order valence-corrected chi connectivity index (χ0v) is 12.4. The first kappa shape index (κ1) is 16.0. The quantitative estimate of drug-likeness (QED) is 0.471. The third-order valence-electron chi connectivity index (χ3n) is 3.29. The van der Waals surface area contributed by atoms with Gasteiger partial charge in [-0.15, -0.1) is 0 Å². The number of carbonyl (C=O) groups is 2. The standard InChI is InChI=1S/C16H20O4/c1-6-14(17)19-7-8-20-16(18)15-11(3)9-10(2)12(4)13(15)5/h6,9H,1,7-8H2,2-5H3. The van der Waals surface area contributed by atoms with Crippen LogP contribution >= 0.6 is 0 Å². The first-order chi connectivity index (χ1) is 9.38. The van der Waals surface area contributed by atoms with E-state index in [1.165, 1.54) is 0 Å². The lowest BCUT2D eigenvalue weighted by Gasteiger charge is -2.14. The summed E-state index contributed by atoms with van der Waals surface area (Å²) >= 11 is 0. The van der Waals surface area contributed by atoms with Gasteiger partial charge in [0.25, 0.3) is 0 Å². The molecule has 0 saturated carbocycles. The molecule has 20 heavy (non-hydrogen) atoms. The van der Waals surface area contributed by atoms with Crippen molar-refractivity contribution in [2.24, 2.45) is 0 Å². The molecule has 0 aromatic heterocycles. The molecule has 0 N–H and O–H groups in total. The van der Waals surface area contributed by atoms with E-state index in [-0.39, 0.29) is 13.2 Å². The van der Waals surface area contributed by atoms with Gasteiger partial charge < -0.3 is 9.47 Å². The number of carbonyl (C=O) groups excluding carboxylic acids is 2. The molecule has 0 bridgehead atoms. The monoisotopic (exact) mass is 276 g/mol. The minimum atomic E-state index is -0.528. The number of hydrogen-bond acceptors (Lipinski definition) is 4. The summed E-state index contributed by atoms with van der Waals surface area (Å²) in [6.07, 6.45) is 1.07. The fourth-order valence-corrected chi connectivity index (χ4v) is 2.01. The van der Waals surface area contributed by atoms with Gasteiger partial charge in [0.1, 0.15) is 13.2 Å². The summed E-state index contributed by atoms with van der Waals surface area (Å²) in [6.45, 7) is 11.1. The van der Waals surface area contributed by atoms with Crippen LogP contribution in [0.2, 0.25) is 0 Å². The van der Waals surface area contributed by atoms with Crippen LogP contribution in [0.15, 0.2) is 18.7 Å². The minimum absolute atomic E-state index is 0.0273. The molecule has 0 saturated heterocycles. The molecule has 0 amide bonds. The van der Waals surface area contributed by atoms with E-state index in [1.807, 2.05) is 33.8 Å². The van der Waals surface area contributed by atoms with E-state index in [1.54, 1.807) is 0 Å². The average Bonchev–Trinajstić information content (AvgIpc) is 2.40. The Morgan fingerprint density at radius 2 is 1.65 bits per heavy atom. The number of esters is 2. The van der Waals surface area contributed by atoms with Gasteiger partial charge in [-0.05, 0) is 49.9 Å². The fourth-order valence-electron chi connectivity index (χ4n) is 2.01. The third kappa shape index (κ3) is 3.70. The molecule has 0 aliphatic heterocycles. The van der Waals surface area contributed by atoms with E-state index in [2.05, 4.69) is 6.58 Å². The predicted molar refractivity (Wildman–Crippen MR) is 76.8 cm³/mol. The zero-order valence-electron chi connectivity index (χ0n) is 12.4. The topological polar surface area (TPSA) is 52.6 Å². The summed E-state index contributed by atoms with van der Waals surface area (Å²) in [5, 5.41) is 0. The molecule has 4 nitrogen and oxygen atoms in total. The summed E-state index contributed by atoms with van der Waals surface area (Å²) < 4.78 is 9.88. The second-order valence-corrected chi connectivity index (χ2v) is 4.64. The molecule has 1 rings (SSSR count). The van der Waals surface area contributed by atoms with Crippen molar-refractivity contribution < 1.29 is 19.1 Å². The maximum atomic E-state index is 12.1. The Bertz CT molecular complexity index is 544. The van der Waals surface area contributed by atoms with Crippen molar-refractivity contribution >= 4 is 11.9 Å². The highest BCUT2D eigenvalue weighted by Crippen LogP contribution is 2.22. The Morgan fingerprint density at radius 3 is 2.25 bits per heavy atom. The van der Waals surface area contributed by atoms with Crippen molar-refractivity contribution in [3.63, 3.8) is 0 Å². The van der Waals surface area contributed by atoms with Gasteiger partial charge in [0.15, 0.2) is 0 Å². The summed E-state index contributed by atoms with van der Waals surface area (Å²) in [6, 6.07) is 1.97. The lowest BCUT2D eigenvalue weighted by molar-refractivity contribution is -0.138. The Kier molecular flexibility index (Phi) is 5.50. The van der Waals surface area contributed by atoms with Gasteiger partial charge in [0.05, 0.1) is 5.56 Å². The number of ether oxygens (including phenoxy) is 2. The molecular formula is C16H20O4. The first-order valence-corrected chi connectivity index (χ1v) is 6.42. The van der Waals surface area contributed by atoms with Gasteiger partial charge >= 0.3 is 11.9 Å². The molecule has 1 aromatic rings. The van der Waals surface area contributed by atoms with Crippen LogP contribution < -0.4 is 0 Å². The maximum Gasteiger partial charge on any atom is 0.338 e. The summed E-state index contributed by atoms with van der Waals surface area (Å²) in [5.41, 5.74) is 4.63. The lowest BCUT2D eigenvalue weighted by atomic mass is 9.94. The number of hydrogen-bond donors (Lipinski definition) is 0. The van der Waals surface area contributed by atoms with Crippen molar-refractivity contribution in [1.82, 2.24) is 0 Å². The summed E-state index contributed by atoms with van der Waals surface area (Å²) in [4.78, 5) is 22.9.